The van der Waals surface area contributed by atoms with E-state index < -0.39 is 0 Å². The molecule has 0 saturated heterocycles. The van der Waals surface area contributed by atoms with Crippen molar-refractivity contribution >= 4 is 29.9 Å². The molecule has 3 rings (SSSR count). The maximum absolute atomic E-state index is 4.67. The van der Waals surface area contributed by atoms with Crippen LogP contribution in [-0.2, 0) is 13.0 Å². The van der Waals surface area contributed by atoms with Gasteiger partial charge >= 0.3 is 0 Å². The van der Waals surface area contributed by atoms with Crippen LogP contribution in [0.2, 0.25) is 0 Å². The number of aromatic nitrogens is 3. The molecule has 0 fully saturated rings. The number of guanidine groups is 1. The number of nitrogens with zero attached hydrogens (tertiary/aromatic N) is 4. The fourth-order valence-electron chi connectivity index (χ4n) is 2.93. The first-order chi connectivity index (χ1) is 13.8. The number of pyridine rings is 1. The first-order valence-corrected chi connectivity index (χ1v) is 9.77. The predicted octanol–water partition coefficient (Wildman–Crippen LogP) is 3.88. The minimum Gasteiger partial charge on any atom is -0.357 e. The van der Waals surface area contributed by atoms with Crippen molar-refractivity contribution in [3.8, 4) is 5.82 Å². The molecule has 0 saturated carbocycles. The van der Waals surface area contributed by atoms with E-state index in [1.54, 1.807) is 6.20 Å². The van der Waals surface area contributed by atoms with Crippen molar-refractivity contribution in [3.05, 3.63) is 78.0 Å². The van der Waals surface area contributed by atoms with Crippen molar-refractivity contribution in [2.45, 2.75) is 33.2 Å². The number of hydrogen-bond donors (Lipinski definition) is 2. The minimum absolute atomic E-state index is 0. The molecular formula is C22H29IN6. The first-order valence-electron chi connectivity index (χ1n) is 9.77. The van der Waals surface area contributed by atoms with Gasteiger partial charge in [0, 0.05) is 31.7 Å². The average molecular weight is 504 g/mol. The molecule has 0 aliphatic rings. The molecule has 0 unspecified atom stereocenters. The standard InChI is InChI=1S/C22H28N6.HI/c1-3-23-22(25-13-7-10-19-8-5-4-6-9-19)27-17-20-11-12-21(26-16-20)28-15-14-24-18(28)2;/h4-6,8-9,11-12,14-16H,3,7,10,13,17H2,1-2H3,(H2,23,25,27);1H. The first kappa shape index (κ1) is 22.9. The molecule has 1 aromatic carbocycles. The van der Waals surface area contributed by atoms with E-state index in [0.29, 0.717) is 6.54 Å². The Balaban J connectivity index is 0.00000300. The smallest absolute Gasteiger partial charge is 0.191 e. The molecule has 3 aromatic rings. The number of halogens is 1. The Morgan fingerprint density at radius 1 is 1.03 bits per heavy atom. The Labute approximate surface area is 189 Å². The van der Waals surface area contributed by atoms with Crippen molar-refractivity contribution in [3.63, 3.8) is 0 Å². The largest absolute Gasteiger partial charge is 0.357 e. The van der Waals surface area contributed by atoms with Crippen LogP contribution in [0, 0.1) is 6.92 Å². The highest BCUT2D eigenvalue weighted by Crippen LogP contribution is 2.09. The average Bonchev–Trinajstić information content (AvgIpc) is 3.16. The summed E-state index contributed by atoms with van der Waals surface area (Å²) in [4.78, 5) is 13.4. The van der Waals surface area contributed by atoms with Crippen LogP contribution in [0.1, 0.15) is 30.3 Å². The van der Waals surface area contributed by atoms with Crippen LogP contribution in [-0.4, -0.2) is 33.6 Å². The lowest BCUT2D eigenvalue weighted by Crippen LogP contribution is -2.37. The molecule has 0 radical (unpaired) electrons. The Bertz CT molecular complexity index is 874. The summed E-state index contributed by atoms with van der Waals surface area (Å²) >= 11 is 0. The Hall–Kier alpha value is -2.42. The van der Waals surface area contributed by atoms with Gasteiger partial charge in [0.05, 0.1) is 6.54 Å². The monoisotopic (exact) mass is 504 g/mol. The zero-order valence-electron chi connectivity index (χ0n) is 17.0. The zero-order valence-corrected chi connectivity index (χ0v) is 19.3. The van der Waals surface area contributed by atoms with Gasteiger partial charge in [-0.1, -0.05) is 36.4 Å². The summed E-state index contributed by atoms with van der Waals surface area (Å²) in [5.74, 6) is 2.63. The van der Waals surface area contributed by atoms with Gasteiger partial charge in [0.15, 0.2) is 5.96 Å². The van der Waals surface area contributed by atoms with E-state index in [0.717, 1.165) is 49.1 Å². The number of aryl methyl sites for hydroxylation is 2. The second-order valence-corrected chi connectivity index (χ2v) is 6.58. The van der Waals surface area contributed by atoms with Crippen LogP contribution in [0.3, 0.4) is 0 Å². The number of imidazole rings is 1. The topological polar surface area (TPSA) is 67.1 Å². The van der Waals surface area contributed by atoms with Crippen molar-refractivity contribution in [2.24, 2.45) is 4.99 Å². The number of nitrogens with one attached hydrogen (secondary N) is 2. The third kappa shape index (κ3) is 7.16. The molecule has 0 amide bonds. The summed E-state index contributed by atoms with van der Waals surface area (Å²) < 4.78 is 1.96. The van der Waals surface area contributed by atoms with Crippen molar-refractivity contribution < 1.29 is 0 Å². The lowest BCUT2D eigenvalue weighted by atomic mass is 10.1. The van der Waals surface area contributed by atoms with E-state index in [1.807, 2.05) is 30.0 Å². The number of aliphatic imine (C=N–C) groups is 1. The van der Waals surface area contributed by atoms with Crippen LogP contribution in [0.25, 0.3) is 5.82 Å². The molecule has 2 aromatic heterocycles. The molecule has 29 heavy (non-hydrogen) atoms. The van der Waals surface area contributed by atoms with Gasteiger partial charge in [-0.3, -0.25) is 4.57 Å². The van der Waals surface area contributed by atoms with E-state index in [4.69, 9.17) is 0 Å². The van der Waals surface area contributed by atoms with Crippen molar-refractivity contribution in [1.82, 2.24) is 25.2 Å². The van der Waals surface area contributed by atoms with E-state index in [2.05, 4.69) is 68.9 Å². The molecule has 0 aliphatic carbocycles. The zero-order chi connectivity index (χ0) is 19.6. The quantitative estimate of drug-likeness (QED) is 0.212. The van der Waals surface area contributed by atoms with Crippen LogP contribution in [0.5, 0.6) is 0 Å². The molecule has 0 spiro atoms. The van der Waals surface area contributed by atoms with E-state index >= 15 is 0 Å². The third-order valence-electron chi connectivity index (χ3n) is 4.42. The lowest BCUT2D eigenvalue weighted by Gasteiger charge is -2.11. The van der Waals surface area contributed by atoms with E-state index in [-0.39, 0.29) is 24.0 Å². The molecular weight excluding hydrogens is 475 g/mol. The highest BCUT2D eigenvalue weighted by molar-refractivity contribution is 14.0. The second kappa shape index (κ2) is 12.2. The predicted molar refractivity (Wildman–Crippen MR) is 129 cm³/mol. The third-order valence-corrected chi connectivity index (χ3v) is 4.42. The second-order valence-electron chi connectivity index (χ2n) is 6.58. The molecule has 2 heterocycles. The molecule has 0 aliphatic heterocycles. The highest BCUT2D eigenvalue weighted by Gasteiger charge is 2.02. The molecule has 6 nitrogen and oxygen atoms in total. The summed E-state index contributed by atoms with van der Waals surface area (Å²) in [6.45, 7) is 6.35. The molecule has 2 N–H and O–H groups in total. The number of hydrogen-bond acceptors (Lipinski definition) is 3. The maximum atomic E-state index is 4.67. The van der Waals surface area contributed by atoms with Crippen LogP contribution in [0.4, 0.5) is 0 Å². The SMILES string of the molecule is CCNC(=NCc1ccc(-n2ccnc2C)nc1)NCCCc1ccccc1.I. The van der Waals surface area contributed by atoms with Gasteiger partial charge in [0.25, 0.3) is 0 Å². The summed E-state index contributed by atoms with van der Waals surface area (Å²) in [7, 11) is 0. The van der Waals surface area contributed by atoms with Crippen molar-refractivity contribution in [1.29, 1.82) is 0 Å². The summed E-state index contributed by atoms with van der Waals surface area (Å²) in [6.07, 6.45) is 7.69. The van der Waals surface area contributed by atoms with Gasteiger partial charge in [-0.25, -0.2) is 15.0 Å². The lowest BCUT2D eigenvalue weighted by molar-refractivity contribution is 0.743. The van der Waals surface area contributed by atoms with E-state index in [9.17, 15) is 0 Å². The highest BCUT2D eigenvalue weighted by atomic mass is 127. The van der Waals surface area contributed by atoms with Crippen LogP contribution >= 0.6 is 24.0 Å². The Morgan fingerprint density at radius 2 is 1.86 bits per heavy atom. The molecule has 0 atom stereocenters. The Kier molecular flexibility index (Phi) is 9.63. The van der Waals surface area contributed by atoms with Gasteiger partial charge in [0.1, 0.15) is 11.6 Å². The summed E-state index contributed by atoms with van der Waals surface area (Å²) in [6, 6.07) is 14.6. The van der Waals surface area contributed by atoms with Gasteiger partial charge in [0.2, 0.25) is 0 Å². The molecule has 0 bridgehead atoms. The van der Waals surface area contributed by atoms with E-state index in [1.165, 1.54) is 5.56 Å². The maximum Gasteiger partial charge on any atom is 0.191 e. The van der Waals surface area contributed by atoms with Gasteiger partial charge in [-0.15, -0.1) is 24.0 Å². The van der Waals surface area contributed by atoms with Gasteiger partial charge in [-0.2, -0.15) is 0 Å². The minimum atomic E-state index is 0. The molecule has 154 valence electrons. The van der Waals surface area contributed by atoms with Crippen LogP contribution < -0.4 is 10.6 Å². The molecule has 7 heteroatoms. The summed E-state index contributed by atoms with van der Waals surface area (Å²) in [5.41, 5.74) is 2.44. The fraction of sp³-hybridized carbons (Fsp3) is 0.318. The Morgan fingerprint density at radius 3 is 2.52 bits per heavy atom. The number of benzene rings is 1. The fourth-order valence-corrected chi connectivity index (χ4v) is 2.93. The van der Waals surface area contributed by atoms with Crippen molar-refractivity contribution in [2.75, 3.05) is 13.1 Å². The van der Waals surface area contributed by atoms with Gasteiger partial charge in [-0.05, 0) is 43.9 Å². The summed E-state index contributed by atoms with van der Waals surface area (Å²) in [5, 5.41) is 6.71. The van der Waals surface area contributed by atoms with Crippen LogP contribution in [0.15, 0.2) is 66.0 Å². The number of rotatable bonds is 8. The normalized spacial score (nSPS) is 11.0. The van der Waals surface area contributed by atoms with Gasteiger partial charge < -0.3 is 10.6 Å².